The van der Waals surface area contributed by atoms with Crippen LogP contribution in [0.25, 0.3) is 0 Å². The van der Waals surface area contributed by atoms with E-state index >= 15 is 0 Å². The lowest BCUT2D eigenvalue weighted by atomic mass is 9.97. The van der Waals surface area contributed by atoms with Crippen LogP contribution in [-0.2, 0) is 19.0 Å². The smallest absolute Gasteiger partial charge is 0.191 e. The van der Waals surface area contributed by atoms with E-state index in [0.717, 1.165) is 38.6 Å². The molecule has 2 spiro atoms. The Morgan fingerprint density at radius 1 is 1.17 bits per heavy atom. The summed E-state index contributed by atoms with van der Waals surface area (Å²) >= 11 is 0. The Morgan fingerprint density at radius 2 is 2.06 bits per heavy atom. The lowest BCUT2D eigenvalue weighted by Crippen LogP contribution is -2.50. The molecule has 3 rings (SSSR count). The summed E-state index contributed by atoms with van der Waals surface area (Å²) in [5, 5.41) is 0. The van der Waals surface area contributed by atoms with Crippen molar-refractivity contribution in [1.82, 2.24) is 0 Å². The van der Waals surface area contributed by atoms with E-state index in [1.54, 1.807) is 0 Å². The third kappa shape index (κ3) is 2.02. The lowest BCUT2D eigenvalue weighted by Gasteiger charge is -2.44. The van der Waals surface area contributed by atoms with Gasteiger partial charge in [0.15, 0.2) is 17.9 Å². The summed E-state index contributed by atoms with van der Waals surface area (Å²) in [6.45, 7) is 2.55. The topological polar surface area (TPSA) is 44.8 Å². The van der Waals surface area contributed by atoms with Crippen LogP contribution in [0, 0.1) is 0 Å². The highest BCUT2D eigenvalue weighted by Gasteiger charge is 2.53. The molecule has 3 aliphatic heterocycles. The normalized spacial score (nSPS) is 47.8. The molecule has 3 atom stereocenters. The van der Waals surface area contributed by atoms with Gasteiger partial charge in [0.05, 0.1) is 6.61 Å². The highest BCUT2D eigenvalue weighted by Crippen LogP contribution is 2.47. The van der Waals surface area contributed by atoms with Gasteiger partial charge in [0, 0.05) is 19.3 Å². The Hall–Kier alpha value is -0.710. The molecule has 18 heavy (non-hydrogen) atoms. The van der Waals surface area contributed by atoms with Gasteiger partial charge in [-0.25, -0.2) is 0 Å². The summed E-state index contributed by atoms with van der Waals surface area (Å²) in [6, 6.07) is 0. The number of hydrogen-bond donors (Lipinski definition) is 0. The van der Waals surface area contributed by atoms with Crippen LogP contribution in [0.15, 0.2) is 12.2 Å². The third-order valence-corrected chi connectivity index (χ3v) is 4.10. The van der Waals surface area contributed by atoms with Gasteiger partial charge in [0.1, 0.15) is 5.60 Å². The molecule has 0 aromatic heterocycles. The average Bonchev–Trinajstić information content (AvgIpc) is 2.68. The van der Waals surface area contributed by atoms with Gasteiger partial charge in [0.25, 0.3) is 0 Å². The Morgan fingerprint density at radius 3 is 2.72 bits per heavy atom. The fourth-order valence-electron chi connectivity index (χ4n) is 3.08. The minimum Gasteiger partial charge on any atom is -0.346 e. The maximum Gasteiger partial charge on any atom is 0.191 e. The molecule has 0 N–H and O–H groups in total. The molecule has 2 saturated heterocycles. The van der Waals surface area contributed by atoms with Crippen molar-refractivity contribution in [1.29, 1.82) is 0 Å². The summed E-state index contributed by atoms with van der Waals surface area (Å²) < 4.78 is 17.9. The van der Waals surface area contributed by atoms with Crippen molar-refractivity contribution >= 4 is 6.29 Å². The first-order valence-electron chi connectivity index (χ1n) is 6.78. The number of carbonyl (C=O) groups excluding carboxylic acids is 1. The highest BCUT2D eigenvalue weighted by molar-refractivity contribution is 5.62. The predicted molar refractivity (Wildman–Crippen MR) is 64.9 cm³/mol. The largest absolute Gasteiger partial charge is 0.346 e. The second-order valence-corrected chi connectivity index (χ2v) is 5.77. The molecule has 0 aromatic carbocycles. The minimum atomic E-state index is -0.707. The van der Waals surface area contributed by atoms with Gasteiger partial charge < -0.3 is 19.0 Å². The van der Waals surface area contributed by atoms with E-state index in [-0.39, 0.29) is 0 Å². The van der Waals surface area contributed by atoms with Gasteiger partial charge in [-0.05, 0) is 32.3 Å². The Kier molecular flexibility index (Phi) is 2.84. The van der Waals surface area contributed by atoms with Crippen molar-refractivity contribution in [3.05, 3.63) is 12.2 Å². The van der Waals surface area contributed by atoms with E-state index in [1.165, 1.54) is 0 Å². The number of aldehydes is 1. The van der Waals surface area contributed by atoms with Crippen LogP contribution in [0.5, 0.6) is 0 Å². The van der Waals surface area contributed by atoms with Crippen LogP contribution in [-0.4, -0.2) is 30.1 Å². The molecule has 0 aromatic rings. The SMILES string of the molecule is C[C@]1(C=O)CC[C@]2(CC=C[C@@]3(CCCCO3)O2)O1. The van der Waals surface area contributed by atoms with Gasteiger partial charge in [-0.2, -0.15) is 0 Å². The summed E-state index contributed by atoms with van der Waals surface area (Å²) in [4.78, 5) is 11.1. The second kappa shape index (κ2) is 4.15. The van der Waals surface area contributed by atoms with E-state index in [0.29, 0.717) is 12.8 Å². The van der Waals surface area contributed by atoms with E-state index in [9.17, 15) is 4.79 Å². The fourth-order valence-corrected chi connectivity index (χ4v) is 3.08. The first-order chi connectivity index (χ1) is 8.60. The fraction of sp³-hybridized carbons (Fsp3) is 0.786. The molecule has 4 heteroatoms. The van der Waals surface area contributed by atoms with E-state index in [4.69, 9.17) is 14.2 Å². The molecule has 3 heterocycles. The molecule has 4 nitrogen and oxygen atoms in total. The van der Waals surface area contributed by atoms with Crippen LogP contribution in [0.3, 0.4) is 0 Å². The van der Waals surface area contributed by atoms with Crippen molar-refractivity contribution in [2.75, 3.05) is 6.61 Å². The van der Waals surface area contributed by atoms with Crippen molar-refractivity contribution in [2.45, 2.75) is 62.6 Å². The standard InChI is InChI=1S/C14H20O4/c1-12(11-15)8-9-14(17-12)7-4-6-13(18-14)5-2-3-10-16-13/h4,6,11H,2-3,5,7-10H2,1H3/t12-,13-,14-/m1/s1. The summed E-state index contributed by atoms with van der Waals surface area (Å²) in [7, 11) is 0. The first-order valence-corrected chi connectivity index (χ1v) is 6.78. The van der Waals surface area contributed by atoms with Crippen molar-refractivity contribution in [2.24, 2.45) is 0 Å². The van der Waals surface area contributed by atoms with Crippen molar-refractivity contribution in [3.8, 4) is 0 Å². The van der Waals surface area contributed by atoms with Gasteiger partial charge in [-0.1, -0.05) is 6.08 Å². The van der Waals surface area contributed by atoms with Crippen LogP contribution >= 0.6 is 0 Å². The zero-order valence-electron chi connectivity index (χ0n) is 10.8. The van der Waals surface area contributed by atoms with E-state index < -0.39 is 17.2 Å². The summed E-state index contributed by atoms with van der Waals surface area (Å²) in [5.74, 6) is -1.29. The van der Waals surface area contributed by atoms with E-state index in [1.807, 2.05) is 13.0 Å². The molecule has 0 aliphatic carbocycles. The zero-order chi connectivity index (χ0) is 12.7. The molecule has 0 saturated carbocycles. The number of carbonyl (C=O) groups is 1. The van der Waals surface area contributed by atoms with Crippen LogP contribution in [0.2, 0.25) is 0 Å². The minimum absolute atomic E-state index is 0.620. The lowest BCUT2D eigenvalue weighted by molar-refractivity contribution is -0.353. The number of rotatable bonds is 1. The molecular formula is C14H20O4. The Labute approximate surface area is 107 Å². The van der Waals surface area contributed by atoms with E-state index in [2.05, 4.69) is 6.08 Å². The highest BCUT2D eigenvalue weighted by atomic mass is 16.8. The Balaban J connectivity index is 1.80. The Bertz CT molecular complexity index is 372. The monoisotopic (exact) mass is 252 g/mol. The number of ether oxygens (including phenoxy) is 3. The van der Waals surface area contributed by atoms with Gasteiger partial charge in [-0.3, -0.25) is 0 Å². The van der Waals surface area contributed by atoms with Gasteiger partial charge in [0.2, 0.25) is 0 Å². The second-order valence-electron chi connectivity index (χ2n) is 5.77. The van der Waals surface area contributed by atoms with Crippen molar-refractivity contribution in [3.63, 3.8) is 0 Å². The average molecular weight is 252 g/mol. The van der Waals surface area contributed by atoms with Crippen LogP contribution < -0.4 is 0 Å². The summed E-state index contributed by atoms with van der Waals surface area (Å²) in [6.07, 6.45) is 10.2. The third-order valence-electron chi connectivity index (χ3n) is 4.10. The van der Waals surface area contributed by atoms with Gasteiger partial charge >= 0.3 is 0 Å². The quantitative estimate of drug-likeness (QED) is 0.530. The first kappa shape index (κ1) is 12.3. The zero-order valence-corrected chi connectivity index (χ0v) is 10.8. The predicted octanol–water partition coefficient (Wildman–Crippen LogP) is 2.32. The maximum atomic E-state index is 11.1. The molecular weight excluding hydrogens is 232 g/mol. The van der Waals surface area contributed by atoms with Gasteiger partial charge in [-0.15, -0.1) is 0 Å². The van der Waals surface area contributed by atoms with Crippen LogP contribution in [0.4, 0.5) is 0 Å². The molecule has 2 fully saturated rings. The molecule has 0 amide bonds. The molecule has 0 radical (unpaired) electrons. The maximum absolute atomic E-state index is 11.1. The number of hydrogen-bond acceptors (Lipinski definition) is 4. The molecule has 0 bridgehead atoms. The van der Waals surface area contributed by atoms with Crippen molar-refractivity contribution < 1.29 is 19.0 Å². The molecule has 3 aliphatic rings. The summed E-state index contributed by atoms with van der Waals surface area (Å²) in [5.41, 5.74) is -0.707. The molecule has 100 valence electrons. The molecule has 0 unspecified atom stereocenters. The van der Waals surface area contributed by atoms with Crippen LogP contribution in [0.1, 0.15) is 45.4 Å².